The zero-order chi connectivity index (χ0) is 24.4. The molecular formula is C28H33N3O4. The quantitative estimate of drug-likeness (QED) is 0.425. The second-order valence-corrected chi connectivity index (χ2v) is 9.33. The van der Waals surface area contributed by atoms with E-state index in [2.05, 4.69) is 48.3 Å². The molecule has 35 heavy (non-hydrogen) atoms. The second-order valence-electron chi connectivity index (χ2n) is 9.33. The number of unbranched alkanes of at least 4 members (excludes halogenated alkanes) is 1. The van der Waals surface area contributed by atoms with Crippen molar-refractivity contribution in [3.63, 3.8) is 0 Å². The number of hydrogen-bond acceptors (Lipinski definition) is 5. The first-order chi connectivity index (χ1) is 17.1. The van der Waals surface area contributed by atoms with E-state index in [0.717, 1.165) is 54.7 Å². The summed E-state index contributed by atoms with van der Waals surface area (Å²) in [5.41, 5.74) is 5.37. The highest BCUT2D eigenvalue weighted by molar-refractivity contribution is 6.00. The van der Waals surface area contributed by atoms with Crippen LogP contribution in [0.3, 0.4) is 0 Å². The molecule has 2 aliphatic heterocycles. The average Bonchev–Trinajstić information content (AvgIpc) is 3.60. The SMILES string of the molecule is CCCCOc1ccc(C2c3c(-c4ccc(C)cc4)n[nH]c3C(=O)N2CC2CCCO2)cc1OC. The Kier molecular flexibility index (Phi) is 6.77. The Balaban J connectivity index is 1.57. The van der Waals surface area contributed by atoms with Gasteiger partial charge in [0.1, 0.15) is 5.69 Å². The van der Waals surface area contributed by atoms with Gasteiger partial charge in [0.05, 0.1) is 31.6 Å². The van der Waals surface area contributed by atoms with Crippen LogP contribution in [-0.2, 0) is 4.74 Å². The number of methoxy groups -OCH3 is 1. The maximum atomic E-state index is 13.6. The fourth-order valence-corrected chi connectivity index (χ4v) is 4.97. The molecule has 0 saturated carbocycles. The van der Waals surface area contributed by atoms with Gasteiger partial charge in [-0.2, -0.15) is 5.10 Å². The molecule has 5 rings (SSSR count). The number of benzene rings is 2. The minimum Gasteiger partial charge on any atom is -0.493 e. The second kappa shape index (κ2) is 10.1. The third-order valence-corrected chi connectivity index (χ3v) is 6.87. The number of carbonyl (C=O) groups excluding carboxylic acids is 1. The van der Waals surface area contributed by atoms with E-state index < -0.39 is 0 Å². The van der Waals surface area contributed by atoms with Gasteiger partial charge in [-0.05, 0) is 43.9 Å². The summed E-state index contributed by atoms with van der Waals surface area (Å²) in [7, 11) is 1.65. The van der Waals surface area contributed by atoms with Crippen molar-refractivity contribution >= 4 is 5.91 Å². The van der Waals surface area contributed by atoms with Crippen molar-refractivity contribution in [2.24, 2.45) is 0 Å². The fourth-order valence-electron chi connectivity index (χ4n) is 4.97. The molecule has 2 unspecified atom stereocenters. The number of aryl methyl sites for hydroxylation is 1. The molecule has 1 aromatic heterocycles. The molecular weight excluding hydrogens is 442 g/mol. The molecule has 1 fully saturated rings. The number of carbonyl (C=O) groups is 1. The molecule has 0 aliphatic carbocycles. The van der Waals surface area contributed by atoms with Gasteiger partial charge in [-0.15, -0.1) is 0 Å². The van der Waals surface area contributed by atoms with Gasteiger partial charge in [0.2, 0.25) is 0 Å². The number of hydrogen-bond donors (Lipinski definition) is 1. The van der Waals surface area contributed by atoms with Gasteiger partial charge in [-0.1, -0.05) is 49.2 Å². The Morgan fingerprint density at radius 1 is 1.17 bits per heavy atom. The lowest BCUT2D eigenvalue weighted by molar-refractivity contribution is 0.0495. The van der Waals surface area contributed by atoms with E-state index in [1.807, 2.05) is 23.1 Å². The third kappa shape index (κ3) is 4.52. The molecule has 0 bridgehead atoms. The van der Waals surface area contributed by atoms with Crippen molar-refractivity contribution < 1.29 is 19.0 Å². The number of rotatable bonds is 9. The average molecular weight is 476 g/mol. The number of aromatic amines is 1. The molecule has 1 amide bonds. The molecule has 0 radical (unpaired) electrons. The molecule has 3 aromatic rings. The van der Waals surface area contributed by atoms with E-state index in [4.69, 9.17) is 14.2 Å². The number of fused-ring (bicyclic) bond motifs is 1. The van der Waals surface area contributed by atoms with Crippen LogP contribution in [0.2, 0.25) is 0 Å². The minimum absolute atomic E-state index is 0.0415. The van der Waals surface area contributed by atoms with Gasteiger partial charge in [0.25, 0.3) is 5.91 Å². The van der Waals surface area contributed by atoms with Crippen molar-refractivity contribution in [2.75, 3.05) is 26.9 Å². The lowest BCUT2D eigenvalue weighted by Crippen LogP contribution is -2.36. The first-order valence-electron chi connectivity index (χ1n) is 12.5. The summed E-state index contributed by atoms with van der Waals surface area (Å²) in [6.45, 7) is 6.12. The van der Waals surface area contributed by atoms with E-state index >= 15 is 0 Å². The van der Waals surface area contributed by atoms with E-state index in [1.165, 1.54) is 5.56 Å². The summed E-state index contributed by atoms with van der Waals surface area (Å²) >= 11 is 0. The molecule has 184 valence electrons. The molecule has 3 heterocycles. The topological polar surface area (TPSA) is 76.7 Å². The molecule has 2 atom stereocenters. The summed E-state index contributed by atoms with van der Waals surface area (Å²) in [5, 5.41) is 7.62. The third-order valence-electron chi connectivity index (χ3n) is 6.87. The molecule has 2 aromatic carbocycles. The van der Waals surface area contributed by atoms with E-state index in [0.29, 0.717) is 30.3 Å². The molecule has 0 spiro atoms. The molecule has 1 N–H and O–H groups in total. The number of aromatic nitrogens is 2. The molecule has 2 aliphatic rings. The maximum absolute atomic E-state index is 13.6. The highest BCUT2D eigenvalue weighted by atomic mass is 16.5. The predicted molar refractivity (Wildman–Crippen MR) is 134 cm³/mol. The van der Waals surface area contributed by atoms with Crippen molar-refractivity contribution in [2.45, 2.75) is 51.7 Å². The van der Waals surface area contributed by atoms with Crippen LogP contribution in [0.5, 0.6) is 11.5 Å². The first-order valence-corrected chi connectivity index (χ1v) is 12.5. The summed E-state index contributed by atoms with van der Waals surface area (Å²) in [4.78, 5) is 15.5. The molecule has 1 saturated heterocycles. The minimum atomic E-state index is -0.296. The van der Waals surface area contributed by atoms with E-state index in [1.54, 1.807) is 7.11 Å². The van der Waals surface area contributed by atoms with Crippen LogP contribution in [0.4, 0.5) is 0 Å². The first kappa shape index (κ1) is 23.4. The van der Waals surface area contributed by atoms with Gasteiger partial charge < -0.3 is 19.1 Å². The van der Waals surface area contributed by atoms with Crippen molar-refractivity contribution in [3.05, 3.63) is 64.8 Å². The number of nitrogens with one attached hydrogen (secondary N) is 1. The fraction of sp³-hybridized carbons (Fsp3) is 0.429. The van der Waals surface area contributed by atoms with Crippen LogP contribution in [-0.4, -0.2) is 54.0 Å². The molecule has 7 heteroatoms. The van der Waals surface area contributed by atoms with Gasteiger partial charge in [-0.25, -0.2) is 0 Å². The summed E-state index contributed by atoms with van der Waals surface area (Å²) in [6, 6.07) is 13.9. The van der Waals surface area contributed by atoms with Crippen LogP contribution >= 0.6 is 0 Å². The summed E-state index contributed by atoms with van der Waals surface area (Å²) in [5.74, 6) is 1.33. The van der Waals surface area contributed by atoms with E-state index in [9.17, 15) is 4.79 Å². The largest absolute Gasteiger partial charge is 0.493 e. The lowest BCUT2D eigenvalue weighted by atomic mass is 9.95. The summed E-state index contributed by atoms with van der Waals surface area (Å²) in [6.07, 6.45) is 4.07. The van der Waals surface area contributed by atoms with Gasteiger partial charge >= 0.3 is 0 Å². The van der Waals surface area contributed by atoms with E-state index in [-0.39, 0.29) is 18.1 Å². The van der Waals surface area contributed by atoms with Crippen LogP contribution in [0, 0.1) is 6.92 Å². The Hall–Kier alpha value is -3.32. The monoisotopic (exact) mass is 475 g/mol. The van der Waals surface area contributed by atoms with Gasteiger partial charge in [-0.3, -0.25) is 9.89 Å². The Labute approximate surface area is 206 Å². The van der Waals surface area contributed by atoms with Crippen LogP contribution < -0.4 is 9.47 Å². The number of amides is 1. The van der Waals surface area contributed by atoms with Crippen molar-refractivity contribution in [1.82, 2.24) is 15.1 Å². The van der Waals surface area contributed by atoms with Gasteiger partial charge in [0.15, 0.2) is 11.5 Å². The highest BCUT2D eigenvalue weighted by Gasteiger charge is 2.43. The maximum Gasteiger partial charge on any atom is 0.273 e. The predicted octanol–water partition coefficient (Wildman–Crippen LogP) is 5.30. The van der Waals surface area contributed by atoms with Crippen molar-refractivity contribution in [3.8, 4) is 22.8 Å². The van der Waals surface area contributed by atoms with Gasteiger partial charge in [0, 0.05) is 24.3 Å². The molecule has 7 nitrogen and oxygen atoms in total. The lowest BCUT2D eigenvalue weighted by Gasteiger charge is -2.29. The Morgan fingerprint density at radius 3 is 2.71 bits per heavy atom. The Morgan fingerprint density at radius 2 is 2.00 bits per heavy atom. The highest BCUT2D eigenvalue weighted by Crippen LogP contribution is 2.45. The Bertz CT molecular complexity index is 1180. The van der Waals surface area contributed by atoms with Crippen LogP contribution in [0.25, 0.3) is 11.3 Å². The van der Waals surface area contributed by atoms with Crippen LogP contribution in [0.15, 0.2) is 42.5 Å². The standard InChI is InChI=1S/C28H33N3O4/c1-4-5-14-35-22-13-12-20(16-23(22)33-3)27-24-25(19-10-8-18(2)9-11-19)29-30-26(24)28(32)31(27)17-21-7-6-15-34-21/h8-13,16,21,27H,4-7,14-15,17H2,1-3H3,(H,29,30). The van der Waals surface area contributed by atoms with Crippen LogP contribution in [0.1, 0.15) is 65.8 Å². The smallest absolute Gasteiger partial charge is 0.273 e. The number of nitrogens with zero attached hydrogens (tertiary/aromatic N) is 2. The zero-order valence-corrected chi connectivity index (χ0v) is 20.7. The number of ether oxygens (including phenoxy) is 3. The summed E-state index contributed by atoms with van der Waals surface area (Å²) < 4.78 is 17.6. The van der Waals surface area contributed by atoms with Crippen molar-refractivity contribution in [1.29, 1.82) is 0 Å². The number of H-pyrrole nitrogens is 1. The normalized spacial score (nSPS) is 19.3. The zero-order valence-electron chi connectivity index (χ0n) is 20.7.